The van der Waals surface area contributed by atoms with Crippen LogP contribution < -0.4 is 5.73 Å². The van der Waals surface area contributed by atoms with Gasteiger partial charge in [0.2, 0.25) is 5.91 Å². The SMILES string of the molecule is CC1CCC(C(=O)N2CCC(C)(C(N)=S)CC2)CC1. The van der Waals surface area contributed by atoms with Crippen molar-refractivity contribution >= 4 is 23.1 Å². The van der Waals surface area contributed by atoms with Crippen LogP contribution in [0.2, 0.25) is 0 Å². The van der Waals surface area contributed by atoms with Crippen LogP contribution in [0.15, 0.2) is 0 Å². The van der Waals surface area contributed by atoms with Gasteiger partial charge in [0.05, 0.1) is 4.99 Å². The van der Waals surface area contributed by atoms with E-state index in [-0.39, 0.29) is 11.3 Å². The van der Waals surface area contributed by atoms with Crippen molar-refractivity contribution in [3.8, 4) is 0 Å². The van der Waals surface area contributed by atoms with Crippen LogP contribution in [0.1, 0.15) is 52.4 Å². The van der Waals surface area contributed by atoms with E-state index < -0.39 is 0 Å². The Balaban J connectivity index is 1.87. The summed E-state index contributed by atoms with van der Waals surface area (Å²) in [5, 5.41) is 0. The largest absolute Gasteiger partial charge is 0.393 e. The Hall–Kier alpha value is -0.640. The molecule has 4 heteroatoms. The molecule has 0 radical (unpaired) electrons. The van der Waals surface area contributed by atoms with Crippen LogP contribution in [0.25, 0.3) is 0 Å². The average molecular weight is 282 g/mol. The Kier molecular flexibility index (Phi) is 4.49. The zero-order valence-corrected chi connectivity index (χ0v) is 13.0. The summed E-state index contributed by atoms with van der Waals surface area (Å²) in [6.45, 7) is 6.05. The Morgan fingerprint density at radius 2 is 1.74 bits per heavy atom. The Labute approximate surface area is 121 Å². The zero-order valence-electron chi connectivity index (χ0n) is 12.2. The first kappa shape index (κ1) is 14.8. The molecule has 1 saturated carbocycles. The van der Waals surface area contributed by atoms with Crippen LogP contribution in [0.5, 0.6) is 0 Å². The molecule has 1 saturated heterocycles. The summed E-state index contributed by atoms with van der Waals surface area (Å²) in [4.78, 5) is 15.1. The zero-order chi connectivity index (χ0) is 14.0. The summed E-state index contributed by atoms with van der Waals surface area (Å²) < 4.78 is 0. The lowest BCUT2D eigenvalue weighted by atomic mass is 9.79. The molecule has 0 aromatic heterocycles. The molecule has 108 valence electrons. The maximum absolute atomic E-state index is 12.5. The lowest BCUT2D eigenvalue weighted by molar-refractivity contribution is -0.138. The first-order chi connectivity index (χ1) is 8.92. The van der Waals surface area contributed by atoms with Crippen LogP contribution in [-0.2, 0) is 4.79 Å². The Morgan fingerprint density at radius 3 is 2.21 bits per heavy atom. The lowest BCUT2D eigenvalue weighted by Crippen LogP contribution is -2.48. The minimum atomic E-state index is -0.0484. The number of hydrogen-bond acceptors (Lipinski definition) is 2. The molecule has 2 aliphatic rings. The quantitative estimate of drug-likeness (QED) is 0.792. The van der Waals surface area contributed by atoms with Crippen LogP contribution >= 0.6 is 12.2 Å². The van der Waals surface area contributed by atoms with Gasteiger partial charge in [0, 0.05) is 24.4 Å². The summed E-state index contributed by atoms with van der Waals surface area (Å²) in [7, 11) is 0. The van der Waals surface area contributed by atoms with E-state index in [1.807, 2.05) is 4.90 Å². The maximum Gasteiger partial charge on any atom is 0.225 e. The number of hydrogen-bond donors (Lipinski definition) is 1. The summed E-state index contributed by atoms with van der Waals surface area (Å²) in [6, 6.07) is 0. The molecule has 0 aromatic carbocycles. The summed E-state index contributed by atoms with van der Waals surface area (Å²) in [5.41, 5.74) is 5.76. The van der Waals surface area contributed by atoms with Gasteiger partial charge < -0.3 is 10.6 Å². The minimum Gasteiger partial charge on any atom is -0.393 e. The van der Waals surface area contributed by atoms with Gasteiger partial charge in [-0.2, -0.15) is 0 Å². The maximum atomic E-state index is 12.5. The third-order valence-corrected chi connectivity index (χ3v) is 5.63. The fourth-order valence-corrected chi connectivity index (χ4v) is 3.44. The molecule has 1 aliphatic carbocycles. The van der Waals surface area contributed by atoms with E-state index in [0.29, 0.717) is 10.9 Å². The average Bonchev–Trinajstić information content (AvgIpc) is 2.39. The van der Waals surface area contributed by atoms with Gasteiger partial charge in [0.15, 0.2) is 0 Å². The lowest BCUT2D eigenvalue weighted by Gasteiger charge is -2.40. The van der Waals surface area contributed by atoms with Crippen molar-refractivity contribution in [3.63, 3.8) is 0 Å². The van der Waals surface area contributed by atoms with Crippen molar-refractivity contribution in [2.24, 2.45) is 23.0 Å². The fraction of sp³-hybridized carbons (Fsp3) is 0.867. The van der Waals surface area contributed by atoms with E-state index in [9.17, 15) is 4.79 Å². The number of thiocarbonyl (C=S) groups is 1. The first-order valence-corrected chi connectivity index (χ1v) is 7.92. The van der Waals surface area contributed by atoms with Crippen molar-refractivity contribution in [2.75, 3.05) is 13.1 Å². The van der Waals surface area contributed by atoms with Gasteiger partial charge in [0.1, 0.15) is 0 Å². The van der Waals surface area contributed by atoms with Crippen LogP contribution in [0.3, 0.4) is 0 Å². The number of likely N-dealkylation sites (tertiary alicyclic amines) is 1. The number of rotatable bonds is 2. The smallest absolute Gasteiger partial charge is 0.225 e. The number of amides is 1. The number of nitrogens with two attached hydrogens (primary N) is 1. The van der Waals surface area contributed by atoms with Crippen molar-refractivity contribution in [1.82, 2.24) is 4.90 Å². The van der Waals surface area contributed by atoms with Gasteiger partial charge in [-0.3, -0.25) is 4.79 Å². The topological polar surface area (TPSA) is 46.3 Å². The molecule has 0 spiro atoms. The van der Waals surface area contributed by atoms with E-state index in [4.69, 9.17) is 18.0 Å². The molecule has 3 nitrogen and oxygen atoms in total. The Morgan fingerprint density at radius 1 is 1.21 bits per heavy atom. The monoisotopic (exact) mass is 282 g/mol. The molecule has 2 fully saturated rings. The van der Waals surface area contributed by atoms with Gasteiger partial charge in [-0.05, 0) is 44.4 Å². The van der Waals surface area contributed by atoms with Crippen molar-refractivity contribution < 1.29 is 4.79 Å². The van der Waals surface area contributed by atoms with Crippen LogP contribution in [0, 0.1) is 17.3 Å². The van der Waals surface area contributed by atoms with Gasteiger partial charge >= 0.3 is 0 Å². The second-order valence-electron chi connectivity index (χ2n) is 6.71. The number of piperidine rings is 1. The van der Waals surface area contributed by atoms with E-state index in [0.717, 1.165) is 44.7 Å². The van der Waals surface area contributed by atoms with Gasteiger partial charge in [-0.1, -0.05) is 26.1 Å². The second-order valence-corrected chi connectivity index (χ2v) is 7.15. The molecule has 0 aromatic rings. The molecule has 19 heavy (non-hydrogen) atoms. The van der Waals surface area contributed by atoms with Gasteiger partial charge in [-0.25, -0.2) is 0 Å². The number of carbonyl (C=O) groups is 1. The summed E-state index contributed by atoms with van der Waals surface area (Å²) in [5.74, 6) is 1.44. The van der Waals surface area contributed by atoms with Crippen molar-refractivity contribution in [3.05, 3.63) is 0 Å². The van der Waals surface area contributed by atoms with E-state index in [2.05, 4.69) is 13.8 Å². The van der Waals surface area contributed by atoms with Crippen LogP contribution in [-0.4, -0.2) is 28.9 Å². The summed E-state index contributed by atoms with van der Waals surface area (Å²) >= 11 is 5.15. The van der Waals surface area contributed by atoms with Crippen LogP contribution in [0.4, 0.5) is 0 Å². The third kappa shape index (κ3) is 3.28. The summed E-state index contributed by atoms with van der Waals surface area (Å²) in [6.07, 6.45) is 6.38. The van der Waals surface area contributed by atoms with Gasteiger partial charge in [0.25, 0.3) is 0 Å². The van der Waals surface area contributed by atoms with Crippen molar-refractivity contribution in [1.29, 1.82) is 0 Å². The first-order valence-electron chi connectivity index (χ1n) is 7.51. The number of nitrogens with zero attached hydrogens (tertiary/aromatic N) is 1. The minimum absolute atomic E-state index is 0.0484. The molecule has 1 amide bonds. The molecule has 0 bridgehead atoms. The molecule has 2 rings (SSSR count). The van der Waals surface area contributed by atoms with E-state index in [1.165, 1.54) is 12.8 Å². The molecule has 0 unspecified atom stereocenters. The highest BCUT2D eigenvalue weighted by Crippen LogP contribution is 2.34. The molecule has 0 atom stereocenters. The standard InChI is InChI=1S/C15H26N2OS/c1-11-3-5-12(6-4-11)13(18)17-9-7-15(2,8-10-17)14(16)19/h11-12H,3-10H2,1-2H3,(H2,16,19). The normalized spacial score (nSPS) is 30.9. The molecular weight excluding hydrogens is 256 g/mol. The highest BCUT2D eigenvalue weighted by atomic mass is 32.1. The predicted molar refractivity (Wildman–Crippen MR) is 81.8 cm³/mol. The van der Waals surface area contributed by atoms with Gasteiger partial charge in [-0.15, -0.1) is 0 Å². The molecule has 1 heterocycles. The van der Waals surface area contributed by atoms with Crippen molar-refractivity contribution in [2.45, 2.75) is 52.4 Å². The number of carbonyl (C=O) groups excluding carboxylic acids is 1. The molecule has 2 N–H and O–H groups in total. The Bertz CT molecular complexity index is 353. The highest BCUT2D eigenvalue weighted by Gasteiger charge is 2.36. The second kappa shape index (κ2) is 5.78. The van der Waals surface area contributed by atoms with E-state index in [1.54, 1.807) is 0 Å². The fourth-order valence-electron chi connectivity index (χ4n) is 3.23. The van der Waals surface area contributed by atoms with E-state index >= 15 is 0 Å². The third-order valence-electron chi connectivity index (χ3n) is 5.14. The highest BCUT2D eigenvalue weighted by molar-refractivity contribution is 7.80. The molecular formula is C15H26N2OS. The predicted octanol–water partition coefficient (Wildman–Crippen LogP) is 2.73. The molecule has 1 aliphatic heterocycles.